The predicted octanol–water partition coefficient (Wildman–Crippen LogP) is 0.743. The molecule has 0 aromatic carbocycles. The molecule has 0 aliphatic heterocycles. The number of aryl methyl sites for hydroxylation is 1. The van der Waals surface area contributed by atoms with E-state index in [1.807, 2.05) is 6.92 Å². The highest BCUT2D eigenvalue weighted by Crippen LogP contribution is 2.12. The maximum absolute atomic E-state index is 11.9. The number of nitrogens with zero attached hydrogens (tertiary/aromatic N) is 3. The van der Waals surface area contributed by atoms with E-state index in [9.17, 15) is 4.79 Å². The van der Waals surface area contributed by atoms with Crippen LogP contribution in [0.25, 0.3) is 0 Å². The van der Waals surface area contributed by atoms with E-state index in [1.165, 1.54) is 6.20 Å². The molecule has 0 saturated carbocycles. The third-order valence-electron chi connectivity index (χ3n) is 2.12. The van der Waals surface area contributed by atoms with E-state index in [4.69, 9.17) is 5.73 Å². The Hall–Kier alpha value is -1.78. The number of carbonyl (C=O) groups excluding carboxylic acids is 1. The highest BCUT2D eigenvalue weighted by atomic mass is 16.2. The zero-order chi connectivity index (χ0) is 11.4. The van der Waals surface area contributed by atoms with Crippen LogP contribution in [0.1, 0.15) is 17.4 Å². The van der Waals surface area contributed by atoms with Gasteiger partial charge in [0.05, 0.1) is 11.9 Å². The lowest BCUT2D eigenvalue weighted by molar-refractivity contribution is 0.0799. The van der Waals surface area contributed by atoms with Crippen LogP contribution in [-0.2, 0) is 6.54 Å². The van der Waals surface area contributed by atoms with Crippen molar-refractivity contribution in [3.05, 3.63) is 24.5 Å². The fraction of sp³-hybridized carbons (Fsp3) is 0.400. The molecule has 0 bridgehead atoms. The van der Waals surface area contributed by atoms with E-state index in [2.05, 4.69) is 11.7 Å². The van der Waals surface area contributed by atoms with Crippen molar-refractivity contribution in [3.8, 4) is 0 Å². The molecular formula is C10H16N4O. The molecule has 0 aliphatic carbocycles. The zero-order valence-corrected chi connectivity index (χ0v) is 9.10. The summed E-state index contributed by atoms with van der Waals surface area (Å²) in [4.78, 5) is 13.5. The molecule has 2 N–H and O–H groups in total. The van der Waals surface area contributed by atoms with E-state index < -0.39 is 0 Å². The number of amides is 1. The smallest absolute Gasteiger partial charge is 0.274 e. The number of nitrogens with two attached hydrogens (primary N) is 1. The van der Waals surface area contributed by atoms with Crippen molar-refractivity contribution >= 4 is 11.6 Å². The van der Waals surface area contributed by atoms with E-state index in [-0.39, 0.29) is 5.91 Å². The lowest BCUT2D eigenvalue weighted by atomic mass is 10.3. The minimum atomic E-state index is -0.133. The Labute approximate surface area is 89.2 Å². The van der Waals surface area contributed by atoms with Gasteiger partial charge in [0.15, 0.2) is 0 Å². The third kappa shape index (κ3) is 2.18. The van der Waals surface area contributed by atoms with Crippen LogP contribution < -0.4 is 5.73 Å². The minimum absolute atomic E-state index is 0.133. The topological polar surface area (TPSA) is 64.2 Å². The Morgan fingerprint density at radius 1 is 1.80 bits per heavy atom. The third-order valence-corrected chi connectivity index (χ3v) is 2.12. The van der Waals surface area contributed by atoms with E-state index in [0.717, 1.165) is 0 Å². The Bertz CT molecular complexity index is 369. The van der Waals surface area contributed by atoms with Crippen molar-refractivity contribution in [2.24, 2.45) is 0 Å². The van der Waals surface area contributed by atoms with E-state index in [1.54, 1.807) is 22.7 Å². The fourth-order valence-corrected chi connectivity index (χ4v) is 1.33. The molecule has 1 aromatic rings. The summed E-state index contributed by atoms with van der Waals surface area (Å²) >= 11 is 0. The monoisotopic (exact) mass is 208 g/mol. The summed E-state index contributed by atoms with van der Waals surface area (Å²) in [6, 6.07) is 0. The number of carbonyl (C=O) groups is 1. The maximum Gasteiger partial charge on any atom is 0.274 e. The Morgan fingerprint density at radius 2 is 2.47 bits per heavy atom. The maximum atomic E-state index is 11.9. The quantitative estimate of drug-likeness (QED) is 0.742. The van der Waals surface area contributed by atoms with Gasteiger partial charge in [0.25, 0.3) is 5.91 Å². The van der Waals surface area contributed by atoms with Gasteiger partial charge in [-0.15, -0.1) is 6.58 Å². The Morgan fingerprint density at radius 3 is 3.00 bits per heavy atom. The molecule has 1 rings (SSSR count). The lowest BCUT2D eigenvalue weighted by Crippen LogP contribution is -2.29. The van der Waals surface area contributed by atoms with Gasteiger partial charge in [-0.25, -0.2) is 0 Å². The second-order valence-electron chi connectivity index (χ2n) is 3.24. The van der Waals surface area contributed by atoms with Crippen LogP contribution in [0, 0.1) is 0 Å². The first-order valence-electron chi connectivity index (χ1n) is 4.79. The normalized spacial score (nSPS) is 10.0. The van der Waals surface area contributed by atoms with Gasteiger partial charge in [-0.2, -0.15) is 5.10 Å². The molecule has 15 heavy (non-hydrogen) atoms. The molecule has 0 atom stereocenters. The highest BCUT2D eigenvalue weighted by Gasteiger charge is 2.18. The van der Waals surface area contributed by atoms with Crippen LogP contribution in [0.5, 0.6) is 0 Å². The van der Waals surface area contributed by atoms with Gasteiger partial charge in [-0.3, -0.25) is 9.48 Å². The van der Waals surface area contributed by atoms with Crippen LogP contribution in [0.2, 0.25) is 0 Å². The first-order chi connectivity index (χ1) is 7.11. The molecule has 5 nitrogen and oxygen atoms in total. The van der Waals surface area contributed by atoms with Crippen molar-refractivity contribution in [2.45, 2.75) is 13.5 Å². The first-order valence-corrected chi connectivity index (χ1v) is 4.79. The van der Waals surface area contributed by atoms with Gasteiger partial charge < -0.3 is 10.6 Å². The second kappa shape index (κ2) is 4.63. The van der Waals surface area contributed by atoms with Crippen molar-refractivity contribution in [1.82, 2.24) is 14.7 Å². The van der Waals surface area contributed by atoms with Crippen molar-refractivity contribution in [1.29, 1.82) is 0 Å². The summed E-state index contributed by atoms with van der Waals surface area (Å²) in [6.07, 6.45) is 3.17. The molecule has 1 aromatic heterocycles. The van der Waals surface area contributed by atoms with Crippen molar-refractivity contribution in [2.75, 3.05) is 19.3 Å². The minimum Gasteiger partial charge on any atom is -0.396 e. The average molecular weight is 208 g/mol. The second-order valence-corrected chi connectivity index (χ2v) is 3.24. The number of nitrogen functional groups attached to an aromatic ring is 1. The number of hydrogen-bond donors (Lipinski definition) is 1. The predicted molar refractivity (Wildman–Crippen MR) is 59.5 cm³/mol. The number of anilines is 1. The molecule has 0 spiro atoms. The largest absolute Gasteiger partial charge is 0.396 e. The standard InChI is InChI=1S/C10H16N4O/c1-4-6-13(3)10(15)9-8(11)7-12-14(9)5-2/h4,7H,1,5-6,11H2,2-3H3. The molecule has 82 valence electrons. The molecule has 0 radical (unpaired) electrons. The Kier molecular flexibility index (Phi) is 3.49. The summed E-state index contributed by atoms with van der Waals surface area (Å²) in [5.41, 5.74) is 6.56. The Balaban J connectivity index is 2.98. The van der Waals surface area contributed by atoms with Crippen LogP contribution in [-0.4, -0.2) is 34.2 Å². The molecule has 1 amide bonds. The SMILES string of the molecule is C=CCN(C)C(=O)c1c(N)cnn1CC. The fourth-order valence-electron chi connectivity index (χ4n) is 1.33. The number of hydrogen-bond acceptors (Lipinski definition) is 3. The number of likely N-dealkylation sites (N-methyl/N-ethyl adjacent to an activating group) is 1. The number of rotatable bonds is 4. The molecule has 5 heteroatoms. The lowest BCUT2D eigenvalue weighted by Gasteiger charge is -2.15. The molecular weight excluding hydrogens is 192 g/mol. The molecule has 0 unspecified atom stereocenters. The van der Waals surface area contributed by atoms with Crippen LogP contribution in [0.15, 0.2) is 18.9 Å². The van der Waals surface area contributed by atoms with E-state index >= 15 is 0 Å². The van der Waals surface area contributed by atoms with Gasteiger partial charge >= 0.3 is 0 Å². The molecule has 1 heterocycles. The van der Waals surface area contributed by atoms with Crippen LogP contribution >= 0.6 is 0 Å². The summed E-state index contributed by atoms with van der Waals surface area (Å²) in [6.45, 7) is 6.61. The zero-order valence-electron chi connectivity index (χ0n) is 9.10. The van der Waals surface area contributed by atoms with E-state index in [0.29, 0.717) is 24.5 Å². The van der Waals surface area contributed by atoms with Gasteiger partial charge in [0, 0.05) is 20.1 Å². The highest BCUT2D eigenvalue weighted by molar-refractivity contribution is 5.97. The summed E-state index contributed by atoms with van der Waals surface area (Å²) in [5, 5.41) is 4.02. The van der Waals surface area contributed by atoms with Crippen LogP contribution in [0.3, 0.4) is 0 Å². The summed E-state index contributed by atoms with van der Waals surface area (Å²) in [7, 11) is 1.70. The van der Waals surface area contributed by atoms with Gasteiger partial charge in [-0.1, -0.05) is 6.08 Å². The summed E-state index contributed by atoms with van der Waals surface area (Å²) in [5.74, 6) is -0.133. The van der Waals surface area contributed by atoms with Gasteiger partial charge in [-0.05, 0) is 6.92 Å². The van der Waals surface area contributed by atoms with Gasteiger partial charge in [0.1, 0.15) is 5.69 Å². The number of aromatic nitrogens is 2. The van der Waals surface area contributed by atoms with Crippen molar-refractivity contribution < 1.29 is 4.79 Å². The first kappa shape index (κ1) is 11.3. The average Bonchev–Trinajstić information content (AvgIpc) is 2.58. The van der Waals surface area contributed by atoms with Crippen molar-refractivity contribution in [3.63, 3.8) is 0 Å². The van der Waals surface area contributed by atoms with Gasteiger partial charge in [0.2, 0.25) is 0 Å². The molecule has 0 aliphatic rings. The summed E-state index contributed by atoms with van der Waals surface area (Å²) < 4.78 is 1.59. The molecule has 0 saturated heterocycles. The molecule has 0 fully saturated rings. The van der Waals surface area contributed by atoms with Crippen LogP contribution in [0.4, 0.5) is 5.69 Å².